The number of benzene rings is 1. The van der Waals surface area contributed by atoms with Gasteiger partial charge in [-0.25, -0.2) is 0 Å². The van der Waals surface area contributed by atoms with Crippen LogP contribution in [0.4, 0.5) is 5.69 Å². The van der Waals surface area contributed by atoms with Crippen LogP contribution in [0.25, 0.3) is 0 Å². The monoisotopic (exact) mass is 345 g/mol. The maximum absolute atomic E-state index is 5.48. The lowest BCUT2D eigenvalue weighted by Gasteiger charge is -2.31. The van der Waals surface area contributed by atoms with E-state index in [4.69, 9.17) is 4.74 Å². The van der Waals surface area contributed by atoms with Crippen LogP contribution < -0.4 is 10.2 Å². The van der Waals surface area contributed by atoms with Crippen LogP contribution in [0.5, 0.6) is 0 Å². The molecule has 130 valence electrons. The summed E-state index contributed by atoms with van der Waals surface area (Å²) in [7, 11) is 4.29. The summed E-state index contributed by atoms with van der Waals surface area (Å²) in [5.74, 6) is 0. The lowest BCUT2D eigenvalue weighted by atomic mass is 10.1. The average Bonchev–Trinajstić information content (AvgIpc) is 3.13. The molecule has 1 aromatic carbocycles. The fourth-order valence-electron chi connectivity index (χ4n) is 3.18. The molecule has 1 saturated heterocycles. The highest BCUT2D eigenvalue weighted by atomic mass is 32.1. The van der Waals surface area contributed by atoms with E-state index in [1.54, 1.807) is 11.3 Å². The molecule has 3 rings (SSSR count). The third-order valence-corrected chi connectivity index (χ3v) is 5.25. The minimum absolute atomic E-state index is 0.409. The van der Waals surface area contributed by atoms with Gasteiger partial charge in [-0.3, -0.25) is 0 Å². The number of anilines is 1. The molecule has 1 atom stereocenters. The zero-order valence-corrected chi connectivity index (χ0v) is 15.4. The normalized spacial score (nSPS) is 16.5. The third-order valence-electron chi connectivity index (χ3n) is 4.55. The van der Waals surface area contributed by atoms with Gasteiger partial charge in [0.25, 0.3) is 0 Å². The van der Waals surface area contributed by atoms with Crippen molar-refractivity contribution in [1.82, 2.24) is 10.2 Å². The topological polar surface area (TPSA) is 27.7 Å². The van der Waals surface area contributed by atoms with Gasteiger partial charge in [-0.15, -0.1) is 0 Å². The Morgan fingerprint density at radius 3 is 2.71 bits per heavy atom. The van der Waals surface area contributed by atoms with Crippen molar-refractivity contribution in [3.63, 3.8) is 0 Å². The van der Waals surface area contributed by atoms with E-state index in [9.17, 15) is 0 Å². The molecule has 0 unspecified atom stereocenters. The number of ether oxygens (including phenoxy) is 1. The summed E-state index contributed by atoms with van der Waals surface area (Å²) in [6, 6.07) is 11.3. The van der Waals surface area contributed by atoms with E-state index in [1.165, 1.54) is 16.8 Å². The predicted octanol–water partition coefficient (Wildman–Crippen LogP) is 2.98. The maximum Gasteiger partial charge on any atom is 0.0642 e. The Morgan fingerprint density at radius 2 is 2.00 bits per heavy atom. The van der Waals surface area contributed by atoms with Crippen LogP contribution in [-0.4, -0.2) is 51.8 Å². The Bertz CT molecular complexity index is 609. The van der Waals surface area contributed by atoms with Crippen LogP contribution in [-0.2, 0) is 11.3 Å². The van der Waals surface area contributed by atoms with Crippen LogP contribution in [0.1, 0.15) is 17.2 Å². The Hall–Kier alpha value is -1.40. The quantitative estimate of drug-likeness (QED) is 0.835. The van der Waals surface area contributed by atoms with Gasteiger partial charge in [-0.1, -0.05) is 18.2 Å². The van der Waals surface area contributed by atoms with Crippen molar-refractivity contribution in [2.75, 3.05) is 51.8 Å². The molecule has 5 heteroatoms. The van der Waals surface area contributed by atoms with Gasteiger partial charge in [0, 0.05) is 37.9 Å². The number of hydrogen-bond acceptors (Lipinski definition) is 5. The van der Waals surface area contributed by atoms with E-state index in [0.29, 0.717) is 6.04 Å². The van der Waals surface area contributed by atoms with E-state index in [1.807, 2.05) is 0 Å². The van der Waals surface area contributed by atoms with Gasteiger partial charge in [0.05, 0.1) is 13.2 Å². The number of morpholine rings is 1. The largest absolute Gasteiger partial charge is 0.378 e. The van der Waals surface area contributed by atoms with Gasteiger partial charge in [0.2, 0.25) is 0 Å². The van der Waals surface area contributed by atoms with Gasteiger partial charge in [0.1, 0.15) is 0 Å². The molecule has 4 nitrogen and oxygen atoms in total. The molecule has 1 aliphatic heterocycles. The molecule has 0 aliphatic carbocycles. The molecule has 0 spiro atoms. The highest BCUT2D eigenvalue weighted by Crippen LogP contribution is 2.23. The summed E-state index contributed by atoms with van der Waals surface area (Å²) in [5, 5.41) is 8.05. The molecule has 0 radical (unpaired) electrons. The lowest BCUT2D eigenvalue weighted by Crippen LogP contribution is -2.37. The van der Waals surface area contributed by atoms with Crippen molar-refractivity contribution in [3.05, 3.63) is 52.2 Å². The van der Waals surface area contributed by atoms with Gasteiger partial charge < -0.3 is 19.9 Å². The van der Waals surface area contributed by atoms with Gasteiger partial charge in [-0.2, -0.15) is 11.3 Å². The first-order valence-corrected chi connectivity index (χ1v) is 9.50. The summed E-state index contributed by atoms with van der Waals surface area (Å²) in [6.45, 7) is 5.44. The van der Waals surface area contributed by atoms with Crippen LogP contribution in [0.2, 0.25) is 0 Å². The van der Waals surface area contributed by atoms with Gasteiger partial charge in [0.15, 0.2) is 0 Å². The molecule has 1 N–H and O–H groups in total. The molecule has 1 aromatic heterocycles. The standard InChI is InChI=1S/C19H27N3OS/c1-21(2)19(17-7-12-24-15-17)14-20-13-16-5-3-4-6-18(16)22-8-10-23-11-9-22/h3-7,12,15,19-20H,8-11,13-14H2,1-2H3/t19-/m0/s1. The Balaban J connectivity index is 1.62. The van der Waals surface area contributed by atoms with Crippen molar-refractivity contribution >= 4 is 17.0 Å². The number of nitrogens with one attached hydrogen (secondary N) is 1. The highest BCUT2D eigenvalue weighted by Gasteiger charge is 2.16. The van der Waals surface area contributed by atoms with Crippen LogP contribution in [0.15, 0.2) is 41.1 Å². The SMILES string of the molecule is CN(C)[C@@H](CNCc1ccccc1N1CCOCC1)c1ccsc1. The molecule has 24 heavy (non-hydrogen) atoms. The fraction of sp³-hybridized carbons (Fsp3) is 0.474. The average molecular weight is 346 g/mol. The van der Waals surface area contributed by atoms with Crippen molar-refractivity contribution in [3.8, 4) is 0 Å². The highest BCUT2D eigenvalue weighted by molar-refractivity contribution is 7.07. The van der Waals surface area contributed by atoms with E-state index < -0.39 is 0 Å². The molecule has 2 aromatic rings. The number of para-hydroxylation sites is 1. The Kier molecular flexibility index (Phi) is 6.26. The molecular formula is C19H27N3OS. The van der Waals surface area contributed by atoms with Gasteiger partial charge in [-0.05, 0) is 48.1 Å². The molecule has 0 saturated carbocycles. The molecular weight excluding hydrogens is 318 g/mol. The summed E-state index contributed by atoms with van der Waals surface area (Å²) >= 11 is 1.76. The molecule has 1 aliphatic rings. The predicted molar refractivity (Wildman–Crippen MR) is 102 cm³/mol. The smallest absolute Gasteiger partial charge is 0.0642 e. The minimum atomic E-state index is 0.409. The van der Waals surface area contributed by atoms with E-state index in [0.717, 1.165) is 39.4 Å². The number of likely N-dealkylation sites (N-methyl/N-ethyl adjacent to an activating group) is 1. The third kappa shape index (κ3) is 4.36. The molecule has 1 fully saturated rings. The second-order valence-electron chi connectivity index (χ2n) is 6.40. The van der Waals surface area contributed by atoms with E-state index in [2.05, 4.69) is 70.3 Å². The molecule has 0 amide bonds. The lowest BCUT2D eigenvalue weighted by molar-refractivity contribution is 0.122. The van der Waals surface area contributed by atoms with E-state index in [-0.39, 0.29) is 0 Å². The van der Waals surface area contributed by atoms with Crippen LogP contribution >= 0.6 is 11.3 Å². The van der Waals surface area contributed by atoms with Crippen LogP contribution in [0.3, 0.4) is 0 Å². The number of rotatable bonds is 7. The second kappa shape index (κ2) is 8.62. The van der Waals surface area contributed by atoms with Crippen molar-refractivity contribution < 1.29 is 4.74 Å². The maximum atomic E-state index is 5.48. The second-order valence-corrected chi connectivity index (χ2v) is 7.18. The van der Waals surface area contributed by atoms with Crippen molar-refractivity contribution in [2.24, 2.45) is 0 Å². The molecule has 0 bridgehead atoms. The number of nitrogens with zero attached hydrogens (tertiary/aromatic N) is 2. The summed E-state index contributed by atoms with van der Waals surface area (Å²) in [4.78, 5) is 4.71. The van der Waals surface area contributed by atoms with Crippen LogP contribution in [0, 0.1) is 0 Å². The fourth-order valence-corrected chi connectivity index (χ4v) is 3.89. The Morgan fingerprint density at radius 1 is 1.21 bits per heavy atom. The number of thiophene rings is 1. The first kappa shape index (κ1) is 17.4. The first-order chi connectivity index (χ1) is 11.8. The zero-order valence-electron chi connectivity index (χ0n) is 14.6. The van der Waals surface area contributed by atoms with E-state index >= 15 is 0 Å². The minimum Gasteiger partial charge on any atom is -0.378 e. The van der Waals surface area contributed by atoms with Crippen molar-refractivity contribution in [2.45, 2.75) is 12.6 Å². The summed E-state index contributed by atoms with van der Waals surface area (Å²) in [5.41, 5.74) is 4.09. The Labute approximate surface area is 149 Å². The zero-order chi connectivity index (χ0) is 16.8. The summed E-state index contributed by atoms with van der Waals surface area (Å²) < 4.78 is 5.48. The van der Waals surface area contributed by atoms with Gasteiger partial charge >= 0.3 is 0 Å². The summed E-state index contributed by atoms with van der Waals surface area (Å²) in [6.07, 6.45) is 0. The molecule has 2 heterocycles. The number of hydrogen-bond donors (Lipinski definition) is 1. The first-order valence-electron chi connectivity index (χ1n) is 8.55. The van der Waals surface area contributed by atoms with Crippen molar-refractivity contribution in [1.29, 1.82) is 0 Å².